The fourth-order valence-corrected chi connectivity index (χ4v) is 1.61. The van der Waals surface area contributed by atoms with Gasteiger partial charge in [0.05, 0.1) is 31.5 Å². The van der Waals surface area contributed by atoms with Gasteiger partial charge in [0.2, 0.25) is 0 Å². The van der Waals surface area contributed by atoms with Gasteiger partial charge in [-0.25, -0.2) is 0 Å². The topological polar surface area (TPSA) is 73.2 Å². The highest BCUT2D eigenvalue weighted by atomic mass is 16.5. The summed E-state index contributed by atoms with van der Waals surface area (Å²) in [4.78, 5) is 0. The van der Waals surface area contributed by atoms with E-state index in [9.17, 15) is 0 Å². The fraction of sp³-hybridized carbons (Fsp3) is 0.182. The molecule has 5 nitrogen and oxygen atoms in total. The number of hydrogen-bond acceptors (Lipinski definition) is 4. The third kappa shape index (κ3) is 1.56. The lowest BCUT2D eigenvalue weighted by molar-refractivity contribution is 0.397. The molecule has 0 amide bonds. The Morgan fingerprint density at radius 2 is 1.81 bits per heavy atom. The maximum absolute atomic E-state index is 5.79. The fourth-order valence-electron chi connectivity index (χ4n) is 1.61. The van der Waals surface area contributed by atoms with Crippen LogP contribution in [0.2, 0.25) is 0 Å². The summed E-state index contributed by atoms with van der Waals surface area (Å²) in [5.41, 5.74) is 7.37. The quantitative estimate of drug-likeness (QED) is 0.823. The van der Waals surface area contributed by atoms with Crippen molar-refractivity contribution >= 4 is 5.82 Å². The predicted octanol–water partition coefficient (Wildman–Crippen LogP) is 1.68. The smallest absolute Gasteiger partial charge is 0.130 e. The largest absolute Gasteiger partial charge is 0.496 e. The average Bonchev–Trinajstić information content (AvgIpc) is 2.74. The Labute approximate surface area is 93.2 Å². The molecule has 0 spiro atoms. The summed E-state index contributed by atoms with van der Waals surface area (Å²) in [6, 6.07) is 5.56. The third-order valence-electron chi connectivity index (χ3n) is 2.37. The van der Waals surface area contributed by atoms with Crippen LogP contribution in [0.4, 0.5) is 5.82 Å². The van der Waals surface area contributed by atoms with Crippen molar-refractivity contribution in [3.63, 3.8) is 0 Å². The monoisotopic (exact) mass is 219 g/mol. The highest BCUT2D eigenvalue weighted by Crippen LogP contribution is 2.39. The second-order valence-corrected chi connectivity index (χ2v) is 3.23. The van der Waals surface area contributed by atoms with Gasteiger partial charge in [-0.15, -0.1) is 0 Å². The number of hydrogen-bond donors (Lipinski definition) is 2. The molecule has 1 aromatic heterocycles. The molecule has 1 aromatic carbocycles. The average molecular weight is 219 g/mol. The van der Waals surface area contributed by atoms with E-state index in [1.165, 1.54) is 0 Å². The third-order valence-corrected chi connectivity index (χ3v) is 2.37. The standard InChI is InChI=1S/C11H13N3O2/c1-15-8-4-3-5-9(16-2)10(8)7-6-13-14-11(7)12/h3-6H,1-2H3,(H3,12,13,14). The Bertz CT molecular complexity index is 471. The first-order chi connectivity index (χ1) is 7.77. The summed E-state index contributed by atoms with van der Waals surface area (Å²) in [5.74, 6) is 1.89. The number of aromatic amines is 1. The first kappa shape index (κ1) is 10.4. The van der Waals surface area contributed by atoms with Crippen LogP contribution in [-0.4, -0.2) is 24.4 Å². The molecular weight excluding hydrogens is 206 g/mol. The van der Waals surface area contributed by atoms with Gasteiger partial charge in [0.15, 0.2) is 0 Å². The minimum Gasteiger partial charge on any atom is -0.496 e. The molecule has 1 heterocycles. The molecule has 5 heteroatoms. The maximum atomic E-state index is 5.79. The maximum Gasteiger partial charge on any atom is 0.130 e. The molecular formula is C11H13N3O2. The SMILES string of the molecule is COc1cccc(OC)c1-c1cn[nH]c1N. The molecule has 0 saturated heterocycles. The van der Waals surface area contributed by atoms with Gasteiger partial charge in [-0.1, -0.05) is 6.07 Å². The van der Waals surface area contributed by atoms with E-state index < -0.39 is 0 Å². The van der Waals surface area contributed by atoms with Crippen molar-refractivity contribution in [1.29, 1.82) is 0 Å². The lowest BCUT2D eigenvalue weighted by Crippen LogP contribution is -1.94. The van der Waals surface area contributed by atoms with Gasteiger partial charge in [-0.05, 0) is 12.1 Å². The molecule has 2 rings (SSSR count). The molecule has 0 saturated carbocycles. The van der Waals surface area contributed by atoms with Gasteiger partial charge in [-0.2, -0.15) is 5.10 Å². The van der Waals surface area contributed by atoms with Crippen LogP contribution in [0.15, 0.2) is 24.4 Å². The normalized spacial score (nSPS) is 10.1. The number of nitrogens with zero attached hydrogens (tertiary/aromatic N) is 1. The number of ether oxygens (including phenoxy) is 2. The lowest BCUT2D eigenvalue weighted by atomic mass is 10.1. The minimum absolute atomic E-state index is 0.489. The summed E-state index contributed by atoms with van der Waals surface area (Å²) >= 11 is 0. The van der Waals surface area contributed by atoms with Gasteiger partial charge >= 0.3 is 0 Å². The molecule has 0 atom stereocenters. The Morgan fingerprint density at radius 3 is 2.25 bits per heavy atom. The van der Waals surface area contributed by atoms with E-state index >= 15 is 0 Å². The Morgan fingerprint density at radius 1 is 1.19 bits per heavy atom. The predicted molar refractivity (Wildman–Crippen MR) is 61.5 cm³/mol. The zero-order chi connectivity index (χ0) is 11.5. The van der Waals surface area contributed by atoms with Gasteiger partial charge in [0.25, 0.3) is 0 Å². The number of nitrogens with two attached hydrogens (primary N) is 1. The van der Waals surface area contributed by atoms with Crippen LogP contribution in [0.5, 0.6) is 11.5 Å². The molecule has 0 fully saturated rings. The van der Waals surface area contributed by atoms with Crippen molar-refractivity contribution in [2.45, 2.75) is 0 Å². The molecule has 0 unspecified atom stereocenters. The van der Waals surface area contributed by atoms with Crippen molar-refractivity contribution in [2.24, 2.45) is 0 Å². The molecule has 0 bridgehead atoms. The number of rotatable bonds is 3. The highest BCUT2D eigenvalue weighted by molar-refractivity contribution is 5.82. The van der Waals surface area contributed by atoms with Crippen molar-refractivity contribution < 1.29 is 9.47 Å². The van der Waals surface area contributed by atoms with Crippen molar-refractivity contribution in [3.05, 3.63) is 24.4 Å². The van der Waals surface area contributed by atoms with Crippen LogP contribution < -0.4 is 15.2 Å². The number of benzene rings is 1. The van der Waals surface area contributed by atoms with Crippen LogP contribution in [0.1, 0.15) is 0 Å². The van der Waals surface area contributed by atoms with Crippen LogP contribution in [0.25, 0.3) is 11.1 Å². The van der Waals surface area contributed by atoms with E-state index in [-0.39, 0.29) is 0 Å². The summed E-state index contributed by atoms with van der Waals surface area (Å²) < 4.78 is 10.6. The second-order valence-electron chi connectivity index (χ2n) is 3.23. The minimum atomic E-state index is 0.489. The molecule has 2 aromatic rings. The number of nitrogens with one attached hydrogen (secondary N) is 1. The van der Waals surface area contributed by atoms with E-state index in [1.54, 1.807) is 20.4 Å². The van der Waals surface area contributed by atoms with Crippen LogP contribution in [0.3, 0.4) is 0 Å². The summed E-state index contributed by atoms with van der Waals surface area (Å²) in [5, 5.41) is 6.57. The molecule has 0 radical (unpaired) electrons. The van der Waals surface area contributed by atoms with E-state index in [0.29, 0.717) is 17.3 Å². The number of anilines is 1. The van der Waals surface area contributed by atoms with Gasteiger partial charge in [-0.3, -0.25) is 5.10 Å². The van der Waals surface area contributed by atoms with E-state index in [0.717, 1.165) is 11.1 Å². The van der Waals surface area contributed by atoms with Crippen molar-refractivity contribution in [1.82, 2.24) is 10.2 Å². The summed E-state index contributed by atoms with van der Waals surface area (Å²) in [7, 11) is 3.21. The van der Waals surface area contributed by atoms with Crippen LogP contribution in [0, 0.1) is 0 Å². The number of methoxy groups -OCH3 is 2. The first-order valence-electron chi connectivity index (χ1n) is 4.78. The molecule has 0 aliphatic carbocycles. The Balaban J connectivity index is 2.66. The lowest BCUT2D eigenvalue weighted by Gasteiger charge is -2.11. The molecule has 0 aliphatic heterocycles. The Kier molecular flexibility index (Phi) is 2.68. The zero-order valence-electron chi connectivity index (χ0n) is 9.15. The van der Waals surface area contributed by atoms with Gasteiger partial charge in [0, 0.05) is 0 Å². The van der Waals surface area contributed by atoms with Crippen molar-refractivity contribution in [3.8, 4) is 22.6 Å². The first-order valence-corrected chi connectivity index (χ1v) is 4.78. The van der Waals surface area contributed by atoms with Crippen LogP contribution >= 0.6 is 0 Å². The zero-order valence-corrected chi connectivity index (χ0v) is 9.15. The summed E-state index contributed by atoms with van der Waals surface area (Å²) in [6.45, 7) is 0. The van der Waals surface area contributed by atoms with E-state index in [1.807, 2.05) is 18.2 Å². The molecule has 84 valence electrons. The summed E-state index contributed by atoms with van der Waals surface area (Å²) in [6.07, 6.45) is 1.65. The van der Waals surface area contributed by atoms with Crippen LogP contribution in [-0.2, 0) is 0 Å². The Hall–Kier alpha value is -2.17. The number of nitrogen functional groups attached to an aromatic ring is 1. The van der Waals surface area contributed by atoms with Gasteiger partial charge in [0.1, 0.15) is 17.3 Å². The second kappa shape index (κ2) is 4.14. The number of H-pyrrole nitrogens is 1. The van der Waals surface area contributed by atoms with Crippen molar-refractivity contribution in [2.75, 3.05) is 20.0 Å². The van der Waals surface area contributed by atoms with Gasteiger partial charge < -0.3 is 15.2 Å². The highest BCUT2D eigenvalue weighted by Gasteiger charge is 2.15. The molecule has 0 aliphatic rings. The molecule has 3 N–H and O–H groups in total. The van der Waals surface area contributed by atoms with E-state index in [4.69, 9.17) is 15.2 Å². The molecule has 16 heavy (non-hydrogen) atoms. The number of aromatic nitrogens is 2. The van der Waals surface area contributed by atoms with E-state index in [2.05, 4.69) is 10.2 Å².